The number of allylic oxidation sites excluding steroid dienone is 2. The zero-order valence-corrected chi connectivity index (χ0v) is 65.6. The summed E-state index contributed by atoms with van der Waals surface area (Å²) in [5, 5.41) is 121. The summed E-state index contributed by atoms with van der Waals surface area (Å²) in [4.78, 5) is 13.5. The van der Waals surface area contributed by atoms with Gasteiger partial charge in [-0.2, -0.15) is 0 Å². The molecule has 0 aliphatic carbocycles. The van der Waals surface area contributed by atoms with E-state index in [4.69, 9.17) is 28.4 Å². The minimum Gasteiger partial charge on any atom is -0.394 e. The van der Waals surface area contributed by atoms with Gasteiger partial charge >= 0.3 is 0 Å². The van der Waals surface area contributed by atoms with Crippen molar-refractivity contribution >= 4 is 5.91 Å². The highest BCUT2D eigenvalue weighted by atomic mass is 16.8. The Labute approximate surface area is 626 Å². The fourth-order valence-corrected chi connectivity index (χ4v) is 15.1. The number of amides is 1. The number of hydrogen-bond donors (Lipinski definition) is 12. The molecular formula is C84H161NO18. The number of ether oxygens (including phenoxy) is 6. The van der Waals surface area contributed by atoms with E-state index in [-0.39, 0.29) is 18.9 Å². The van der Waals surface area contributed by atoms with Crippen LogP contribution in [0.5, 0.6) is 0 Å². The third-order valence-corrected chi connectivity index (χ3v) is 22.1. The van der Waals surface area contributed by atoms with Crippen LogP contribution in [0.4, 0.5) is 0 Å². The Kier molecular flexibility index (Phi) is 60.7. The molecule has 0 spiro atoms. The number of carbonyl (C=O) groups excluding carboxylic acids is 1. The van der Waals surface area contributed by atoms with Crippen LogP contribution in [0.25, 0.3) is 0 Å². The van der Waals surface area contributed by atoms with Gasteiger partial charge in [0.1, 0.15) is 73.2 Å². The zero-order valence-electron chi connectivity index (χ0n) is 65.6. The SMILES string of the molecule is CCCCCCCCCC/C=C\CCCCCCCCCCCCCCCCCCCC(=O)NC(COC1OC(CO)C(OC2OC(CO)C(OC3OC(CO)C(O)C(O)C3O)C(O)C2O)C(O)C1O)C(O)CCCCCCCCCCCCCCCCCCCCCCCCCCCCCCC. The zero-order chi connectivity index (χ0) is 74.6. The maximum Gasteiger partial charge on any atom is 0.220 e. The van der Waals surface area contributed by atoms with Crippen molar-refractivity contribution in [1.82, 2.24) is 5.32 Å². The van der Waals surface area contributed by atoms with Gasteiger partial charge in [-0.3, -0.25) is 4.79 Å². The lowest BCUT2D eigenvalue weighted by Gasteiger charge is -2.48. The Morgan fingerprint density at radius 1 is 0.340 bits per heavy atom. The van der Waals surface area contributed by atoms with Crippen molar-refractivity contribution in [3.8, 4) is 0 Å². The van der Waals surface area contributed by atoms with Crippen molar-refractivity contribution in [3.63, 3.8) is 0 Å². The second-order valence-electron chi connectivity index (χ2n) is 31.4. The van der Waals surface area contributed by atoms with Crippen LogP contribution in [0.2, 0.25) is 0 Å². The monoisotopic (exact) mass is 1470 g/mol. The van der Waals surface area contributed by atoms with Gasteiger partial charge < -0.3 is 89.9 Å². The van der Waals surface area contributed by atoms with E-state index < -0.39 is 124 Å². The number of unbranched alkanes of at least 4 members (excludes halogenated alkanes) is 53. The summed E-state index contributed by atoms with van der Waals surface area (Å²) in [6, 6.07) is -0.886. The van der Waals surface area contributed by atoms with E-state index in [1.54, 1.807) is 0 Å². The Hall–Kier alpha value is -1.47. The van der Waals surface area contributed by atoms with Gasteiger partial charge in [0.05, 0.1) is 38.6 Å². The molecule has 0 saturated carbocycles. The van der Waals surface area contributed by atoms with Crippen LogP contribution in [0, 0.1) is 0 Å². The highest BCUT2D eigenvalue weighted by molar-refractivity contribution is 5.76. The van der Waals surface area contributed by atoms with Crippen molar-refractivity contribution in [3.05, 3.63) is 12.2 Å². The summed E-state index contributed by atoms with van der Waals surface area (Å²) in [5.41, 5.74) is 0. The molecule has 3 aliphatic rings. The Bertz CT molecular complexity index is 1910. The molecule has 3 fully saturated rings. The highest BCUT2D eigenvalue weighted by Gasteiger charge is 2.54. The van der Waals surface area contributed by atoms with Crippen molar-refractivity contribution in [1.29, 1.82) is 0 Å². The molecule has 0 bridgehead atoms. The molecular weight excluding hydrogens is 1310 g/mol. The summed E-state index contributed by atoms with van der Waals surface area (Å²) in [5.74, 6) is -0.233. The molecule has 19 heteroatoms. The molecule has 3 heterocycles. The summed E-state index contributed by atoms with van der Waals surface area (Å²) in [6.45, 7) is 1.88. The molecule has 17 atom stereocenters. The first-order chi connectivity index (χ1) is 50.3. The van der Waals surface area contributed by atoms with Gasteiger partial charge in [-0.05, 0) is 38.5 Å². The summed E-state index contributed by atoms with van der Waals surface area (Å²) in [7, 11) is 0. The lowest BCUT2D eigenvalue weighted by molar-refractivity contribution is -0.379. The van der Waals surface area contributed by atoms with E-state index in [1.165, 1.54) is 308 Å². The molecule has 0 aromatic rings. The molecule has 0 radical (unpaired) electrons. The van der Waals surface area contributed by atoms with E-state index in [0.717, 1.165) is 44.9 Å². The number of hydrogen-bond acceptors (Lipinski definition) is 18. The first-order valence-electron chi connectivity index (χ1n) is 43.4. The molecule has 1 amide bonds. The van der Waals surface area contributed by atoms with Gasteiger partial charge in [-0.1, -0.05) is 353 Å². The largest absolute Gasteiger partial charge is 0.394 e. The number of aliphatic hydroxyl groups is 11. The number of rotatable bonds is 71. The third-order valence-electron chi connectivity index (χ3n) is 22.1. The molecule has 12 N–H and O–H groups in total. The maximum absolute atomic E-state index is 13.5. The quantitative estimate of drug-likeness (QED) is 0.0199. The van der Waals surface area contributed by atoms with Gasteiger partial charge in [-0.25, -0.2) is 0 Å². The van der Waals surface area contributed by atoms with Crippen LogP contribution in [-0.2, 0) is 33.2 Å². The molecule has 3 saturated heterocycles. The number of carbonyl (C=O) groups is 1. The molecule has 0 aromatic carbocycles. The topological polar surface area (TPSA) is 307 Å². The predicted molar refractivity (Wildman–Crippen MR) is 411 cm³/mol. The van der Waals surface area contributed by atoms with Gasteiger partial charge in [0.15, 0.2) is 18.9 Å². The Balaban J connectivity index is 1.34. The van der Waals surface area contributed by atoms with Gasteiger partial charge in [0.25, 0.3) is 0 Å². The highest BCUT2D eigenvalue weighted by Crippen LogP contribution is 2.34. The number of nitrogens with one attached hydrogen (secondary N) is 1. The maximum atomic E-state index is 13.5. The second kappa shape index (κ2) is 65.3. The minimum absolute atomic E-state index is 0.233. The van der Waals surface area contributed by atoms with Crippen LogP contribution in [0.15, 0.2) is 12.2 Å². The fraction of sp³-hybridized carbons (Fsp3) is 0.964. The van der Waals surface area contributed by atoms with Crippen molar-refractivity contribution in [2.45, 2.75) is 491 Å². The molecule has 3 rings (SSSR count). The molecule has 19 nitrogen and oxygen atoms in total. The minimum atomic E-state index is -1.97. The second-order valence-corrected chi connectivity index (χ2v) is 31.4. The fourth-order valence-electron chi connectivity index (χ4n) is 15.1. The summed E-state index contributed by atoms with van der Waals surface area (Å²) in [6.07, 6.45) is 51.7. The van der Waals surface area contributed by atoms with E-state index >= 15 is 0 Å². The average Bonchev–Trinajstić information content (AvgIpc) is 0.781. The van der Waals surface area contributed by atoms with E-state index in [1.807, 2.05) is 0 Å². The molecule has 610 valence electrons. The van der Waals surface area contributed by atoms with E-state index in [0.29, 0.717) is 12.8 Å². The van der Waals surface area contributed by atoms with Crippen LogP contribution in [0.3, 0.4) is 0 Å². The smallest absolute Gasteiger partial charge is 0.220 e. The van der Waals surface area contributed by atoms with Crippen LogP contribution in [-0.4, -0.2) is 193 Å². The summed E-state index contributed by atoms with van der Waals surface area (Å²) < 4.78 is 34.6. The van der Waals surface area contributed by atoms with Gasteiger partial charge in [0, 0.05) is 6.42 Å². The molecule has 17 unspecified atom stereocenters. The van der Waals surface area contributed by atoms with Gasteiger partial charge in [-0.15, -0.1) is 0 Å². The molecule has 103 heavy (non-hydrogen) atoms. The normalized spacial score (nSPS) is 26.0. The Morgan fingerprint density at radius 2 is 0.612 bits per heavy atom. The predicted octanol–water partition coefficient (Wildman–Crippen LogP) is 15.5. The van der Waals surface area contributed by atoms with E-state index in [2.05, 4.69) is 31.3 Å². The molecule has 0 aromatic heterocycles. The number of aliphatic hydroxyl groups excluding tert-OH is 11. The Morgan fingerprint density at radius 3 is 0.942 bits per heavy atom. The van der Waals surface area contributed by atoms with Crippen LogP contribution >= 0.6 is 0 Å². The standard InChI is InChI=1S/C84H161NO18/c1-3-5-7-9-11-13-15-17-19-21-23-25-27-29-31-33-35-37-39-41-43-45-47-49-51-53-55-57-59-61-68(89)67(85-72(90)62-60-58-56-54-52-50-48-46-44-42-40-38-36-34-32-30-28-26-24-22-20-18-16-14-12-10-8-6-4-2)66-98-82-78(96)75(93)80(70(64-87)100-82)103-84-79(97)76(94)81(71(65-88)101-84)102-83-77(95)74(92)73(91)69(63-86)99-83/h22,24,67-71,73-84,86-89,91-97H,3-21,23,25-66H2,1-2H3,(H,85,90)/b24-22-. The first kappa shape index (κ1) is 95.7. The first-order valence-corrected chi connectivity index (χ1v) is 43.4. The van der Waals surface area contributed by atoms with Gasteiger partial charge in [0.2, 0.25) is 5.91 Å². The molecule has 3 aliphatic heterocycles. The third kappa shape index (κ3) is 44.8. The lowest BCUT2D eigenvalue weighted by atomic mass is 9.96. The van der Waals surface area contributed by atoms with Crippen molar-refractivity contribution in [2.24, 2.45) is 0 Å². The van der Waals surface area contributed by atoms with E-state index in [9.17, 15) is 61.0 Å². The summed E-state index contributed by atoms with van der Waals surface area (Å²) >= 11 is 0. The van der Waals surface area contributed by atoms with Crippen LogP contribution < -0.4 is 5.32 Å². The lowest BCUT2D eigenvalue weighted by Crippen LogP contribution is -2.66. The van der Waals surface area contributed by atoms with Crippen molar-refractivity contribution in [2.75, 3.05) is 26.4 Å². The van der Waals surface area contributed by atoms with Crippen LogP contribution in [0.1, 0.15) is 386 Å². The average molecular weight is 1470 g/mol. The van der Waals surface area contributed by atoms with Crippen molar-refractivity contribution < 1.29 is 89.4 Å².